The quantitative estimate of drug-likeness (QED) is 0.800. The number of rotatable bonds is 5. The van der Waals surface area contributed by atoms with E-state index in [0.717, 1.165) is 19.6 Å². The van der Waals surface area contributed by atoms with Crippen molar-refractivity contribution in [3.05, 3.63) is 35.4 Å². The minimum absolute atomic E-state index is 0.549. The first-order chi connectivity index (χ1) is 7.15. The highest BCUT2D eigenvalue weighted by Crippen LogP contribution is 2.11. The molecule has 1 rings (SSSR count). The standard InChI is InChI=1S/C13H22N2/c1-11(2)15(9-8-14)10-13-7-5-4-6-12(13)3/h4-7,11H,8-10,14H2,1-3H3. The number of aryl methyl sites for hydroxylation is 1. The Hall–Kier alpha value is -0.860. The van der Waals surface area contributed by atoms with Crippen molar-refractivity contribution in [1.82, 2.24) is 4.90 Å². The van der Waals surface area contributed by atoms with E-state index in [-0.39, 0.29) is 0 Å². The third kappa shape index (κ3) is 3.65. The summed E-state index contributed by atoms with van der Waals surface area (Å²) in [6.45, 7) is 9.29. The Morgan fingerprint density at radius 3 is 2.47 bits per heavy atom. The van der Waals surface area contributed by atoms with Crippen molar-refractivity contribution in [3.8, 4) is 0 Å². The molecule has 0 aliphatic carbocycles. The van der Waals surface area contributed by atoms with Gasteiger partial charge >= 0.3 is 0 Å². The lowest BCUT2D eigenvalue weighted by molar-refractivity contribution is 0.219. The Morgan fingerprint density at radius 1 is 1.27 bits per heavy atom. The number of nitrogens with two attached hydrogens (primary N) is 1. The van der Waals surface area contributed by atoms with Crippen LogP contribution in [0.1, 0.15) is 25.0 Å². The van der Waals surface area contributed by atoms with Crippen molar-refractivity contribution in [1.29, 1.82) is 0 Å². The Labute approximate surface area is 93.1 Å². The minimum Gasteiger partial charge on any atom is -0.329 e. The lowest BCUT2D eigenvalue weighted by atomic mass is 10.1. The van der Waals surface area contributed by atoms with Crippen LogP contribution in [0.5, 0.6) is 0 Å². The summed E-state index contributed by atoms with van der Waals surface area (Å²) in [6.07, 6.45) is 0. The number of benzene rings is 1. The van der Waals surface area contributed by atoms with E-state index in [1.807, 2.05) is 0 Å². The fourth-order valence-electron chi connectivity index (χ4n) is 1.69. The SMILES string of the molecule is Cc1ccccc1CN(CCN)C(C)C. The lowest BCUT2D eigenvalue weighted by Gasteiger charge is -2.26. The summed E-state index contributed by atoms with van der Waals surface area (Å²) in [5.41, 5.74) is 8.38. The topological polar surface area (TPSA) is 29.3 Å². The van der Waals surface area contributed by atoms with Gasteiger partial charge in [-0.2, -0.15) is 0 Å². The normalized spacial score (nSPS) is 11.3. The van der Waals surface area contributed by atoms with Gasteiger partial charge in [0.25, 0.3) is 0 Å². The van der Waals surface area contributed by atoms with E-state index in [0.29, 0.717) is 6.04 Å². The molecule has 0 amide bonds. The number of hydrogen-bond donors (Lipinski definition) is 1. The molecule has 0 bridgehead atoms. The molecule has 0 unspecified atom stereocenters. The molecule has 0 radical (unpaired) electrons. The summed E-state index contributed by atoms with van der Waals surface area (Å²) in [5.74, 6) is 0. The van der Waals surface area contributed by atoms with E-state index < -0.39 is 0 Å². The van der Waals surface area contributed by atoms with Gasteiger partial charge in [0.2, 0.25) is 0 Å². The fraction of sp³-hybridized carbons (Fsp3) is 0.538. The molecular formula is C13H22N2. The van der Waals surface area contributed by atoms with E-state index >= 15 is 0 Å². The van der Waals surface area contributed by atoms with Gasteiger partial charge in [0.1, 0.15) is 0 Å². The largest absolute Gasteiger partial charge is 0.329 e. The highest BCUT2D eigenvalue weighted by atomic mass is 15.1. The predicted molar refractivity (Wildman–Crippen MR) is 65.8 cm³/mol. The first-order valence-electron chi connectivity index (χ1n) is 5.63. The van der Waals surface area contributed by atoms with E-state index in [4.69, 9.17) is 5.73 Å². The Morgan fingerprint density at radius 2 is 1.93 bits per heavy atom. The van der Waals surface area contributed by atoms with Crippen molar-refractivity contribution in [3.63, 3.8) is 0 Å². The summed E-state index contributed by atoms with van der Waals surface area (Å²) in [6, 6.07) is 9.09. The maximum absolute atomic E-state index is 5.62. The van der Waals surface area contributed by atoms with Crippen molar-refractivity contribution < 1.29 is 0 Å². The molecule has 0 atom stereocenters. The molecule has 15 heavy (non-hydrogen) atoms. The van der Waals surface area contributed by atoms with Crippen LogP contribution < -0.4 is 5.73 Å². The molecule has 2 nitrogen and oxygen atoms in total. The molecule has 2 heteroatoms. The Bertz CT molecular complexity index is 294. The summed E-state index contributed by atoms with van der Waals surface area (Å²) < 4.78 is 0. The van der Waals surface area contributed by atoms with Gasteiger partial charge in [-0.25, -0.2) is 0 Å². The van der Waals surface area contributed by atoms with Gasteiger partial charge in [-0.05, 0) is 31.9 Å². The summed E-state index contributed by atoms with van der Waals surface area (Å²) >= 11 is 0. The lowest BCUT2D eigenvalue weighted by Crippen LogP contribution is -2.34. The predicted octanol–water partition coefficient (Wildman–Crippen LogP) is 2.16. The molecule has 0 aliphatic heterocycles. The van der Waals surface area contributed by atoms with Crippen LogP contribution in [0.4, 0.5) is 0 Å². The minimum atomic E-state index is 0.549. The van der Waals surface area contributed by atoms with Crippen molar-refractivity contribution in [2.75, 3.05) is 13.1 Å². The van der Waals surface area contributed by atoms with Crippen LogP contribution in [-0.4, -0.2) is 24.0 Å². The molecule has 0 saturated carbocycles. The smallest absolute Gasteiger partial charge is 0.0239 e. The fourth-order valence-corrected chi connectivity index (χ4v) is 1.69. The Kier molecular flexibility index (Phi) is 4.79. The van der Waals surface area contributed by atoms with Crippen LogP contribution in [0.3, 0.4) is 0 Å². The van der Waals surface area contributed by atoms with Crippen LogP contribution in [0.2, 0.25) is 0 Å². The van der Waals surface area contributed by atoms with Crippen LogP contribution in [0, 0.1) is 6.92 Å². The van der Waals surface area contributed by atoms with E-state index in [1.165, 1.54) is 11.1 Å². The van der Waals surface area contributed by atoms with Crippen LogP contribution >= 0.6 is 0 Å². The molecule has 0 aromatic heterocycles. The third-order valence-electron chi connectivity index (χ3n) is 2.78. The first kappa shape index (κ1) is 12.2. The second kappa shape index (κ2) is 5.89. The van der Waals surface area contributed by atoms with Crippen LogP contribution in [0.15, 0.2) is 24.3 Å². The van der Waals surface area contributed by atoms with Crippen molar-refractivity contribution >= 4 is 0 Å². The molecule has 0 heterocycles. The first-order valence-corrected chi connectivity index (χ1v) is 5.63. The maximum Gasteiger partial charge on any atom is 0.0239 e. The van der Waals surface area contributed by atoms with Gasteiger partial charge in [0.05, 0.1) is 0 Å². The number of nitrogens with zero attached hydrogens (tertiary/aromatic N) is 1. The zero-order valence-electron chi connectivity index (χ0n) is 10.0. The number of hydrogen-bond acceptors (Lipinski definition) is 2. The van der Waals surface area contributed by atoms with Crippen molar-refractivity contribution in [2.24, 2.45) is 5.73 Å². The van der Waals surface area contributed by atoms with Gasteiger partial charge < -0.3 is 5.73 Å². The molecular weight excluding hydrogens is 184 g/mol. The van der Waals surface area contributed by atoms with E-state index in [1.54, 1.807) is 0 Å². The molecule has 84 valence electrons. The summed E-state index contributed by atoms with van der Waals surface area (Å²) in [5, 5.41) is 0. The molecule has 1 aromatic rings. The highest BCUT2D eigenvalue weighted by Gasteiger charge is 2.09. The van der Waals surface area contributed by atoms with Gasteiger partial charge in [-0.1, -0.05) is 24.3 Å². The molecule has 0 saturated heterocycles. The summed E-state index contributed by atoms with van der Waals surface area (Å²) in [4.78, 5) is 2.41. The average molecular weight is 206 g/mol. The second-order valence-corrected chi connectivity index (χ2v) is 4.28. The van der Waals surface area contributed by atoms with Gasteiger partial charge in [-0.3, -0.25) is 4.90 Å². The van der Waals surface area contributed by atoms with Gasteiger partial charge in [-0.15, -0.1) is 0 Å². The van der Waals surface area contributed by atoms with E-state index in [9.17, 15) is 0 Å². The Balaban J connectivity index is 2.69. The highest BCUT2D eigenvalue weighted by molar-refractivity contribution is 5.25. The van der Waals surface area contributed by atoms with E-state index in [2.05, 4.69) is 49.9 Å². The molecule has 0 fully saturated rings. The molecule has 0 spiro atoms. The zero-order valence-corrected chi connectivity index (χ0v) is 10.0. The molecule has 2 N–H and O–H groups in total. The average Bonchev–Trinajstić information content (AvgIpc) is 2.20. The van der Waals surface area contributed by atoms with Crippen LogP contribution in [0.25, 0.3) is 0 Å². The van der Waals surface area contributed by atoms with Gasteiger partial charge in [0, 0.05) is 25.7 Å². The zero-order chi connectivity index (χ0) is 11.3. The summed E-state index contributed by atoms with van der Waals surface area (Å²) in [7, 11) is 0. The van der Waals surface area contributed by atoms with Crippen LogP contribution in [-0.2, 0) is 6.54 Å². The molecule has 1 aromatic carbocycles. The van der Waals surface area contributed by atoms with Gasteiger partial charge in [0.15, 0.2) is 0 Å². The third-order valence-corrected chi connectivity index (χ3v) is 2.78. The second-order valence-electron chi connectivity index (χ2n) is 4.28. The van der Waals surface area contributed by atoms with Crippen molar-refractivity contribution in [2.45, 2.75) is 33.4 Å². The monoisotopic (exact) mass is 206 g/mol. The molecule has 0 aliphatic rings. The maximum atomic E-state index is 5.62.